The molecule has 5 nitrogen and oxygen atoms in total. The van der Waals surface area contributed by atoms with Crippen molar-refractivity contribution in [1.82, 2.24) is 4.90 Å². The van der Waals surface area contributed by atoms with Gasteiger partial charge >= 0.3 is 6.09 Å². The summed E-state index contributed by atoms with van der Waals surface area (Å²) in [5, 5.41) is 0. The maximum atomic E-state index is 12.2. The third kappa shape index (κ3) is 2.24. The minimum Gasteiger partial charge on any atom is -0.444 e. The topological polar surface area (TPSA) is 55.8 Å². The van der Waals surface area contributed by atoms with Crippen molar-refractivity contribution in [3.8, 4) is 0 Å². The summed E-state index contributed by atoms with van der Waals surface area (Å²) in [6, 6.07) is 0. The van der Waals surface area contributed by atoms with Crippen molar-refractivity contribution in [3.05, 3.63) is 0 Å². The first-order chi connectivity index (χ1) is 8.60. The van der Waals surface area contributed by atoms with E-state index in [2.05, 4.69) is 0 Å². The van der Waals surface area contributed by atoms with Gasteiger partial charge in [0.05, 0.1) is 18.6 Å². The number of amides is 1. The lowest BCUT2D eigenvalue weighted by atomic mass is 9.63. The predicted octanol–water partition coefficient (Wildman–Crippen LogP) is 1.85. The zero-order chi connectivity index (χ0) is 14.5. The molecule has 2 rings (SSSR count). The molecular weight excluding hydrogens is 246 g/mol. The van der Waals surface area contributed by atoms with Crippen molar-refractivity contribution < 1.29 is 19.1 Å². The smallest absolute Gasteiger partial charge is 0.410 e. The first kappa shape index (κ1) is 14.3. The van der Waals surface area contributed by atoms with Gasteiger partial charge in [-0.3, -0.25) is 4.79 Å². The molecule has 1 amide bonds. The van der Waals surface area contributed by atoms with E-state index in [-0.39, 0.29) is 17.3 Å². The number of hydrogen-bond acceptors (Lipinski definition) is 4. The Morgan fingerprint density at radius 3 is 2.11 bits per heavy atom. The zero-order valence-electron chi connectivity index (χ0n) is 12.4. The quantitative estimate of drug-likeness (QED) is 0.729. The molecule has 5 heteroatoms. The van der Waals surface area contributed by atoms with Gasteiger partial charge in [0.2, 0.25) is 0 Å². The lowest BCUT2D eigenvalue weighted by molar-refractivity contribution is -0.168. The molecule has 19 heavy (non-hydrogen) atoms. The average Bonchev–Trinajstić information content (AvgIpc) is 2.50. The van der Waals surface area contributed by atoms with Gasteiger partial charge < -0.3 is 14.4 Å². The first-order valence-corrected chi connectivity index (χ1v) is 6.66. The number of ketones is 1. The summed E-state index contributed by atoms with van der Waals surface area (Å²) in [5.74, 6) is 0.113. The summed E-state index contributed by atoms with van der Waals surface area (Å²) < 4.78 is 10.7. The molecule has 0 bridgehead atoms. The molecule has 0 N–H and O–H groups in total. The minimum absolute atomic E-state index is 0.113. The number of hydrogen-bond donors (Lipinski definition) is 0. The standard InChI is InChI=1S/C14H23NO4/c1-10(16)13(5)6-15(7-14(13)8-18-9-14)11(17)19-12(2,3)4/h6-9H2,1-5H3. The van der Waals surface area contributed by atoms with E-state index in [0.29, 0.717) is 26.3 Å². The molecule has 0 saturated carbocycles. The highest BCUT2D eigenvalue weighted by atomic mass is 16.6. The van der Waals surface area contributed by atoms with Gasteiger partial charge in [0.15, 0.2) is 0 Å². The largest absolute Gasteiger partial charge is 0.444 e. The van der Waals surface area contributed by atoms with Gasteiger partial charge in [-0.2, -0.15) is 0 Å². The molecule has 2 aliphatic heterocycles. The van der Waals surface area contributed by atoms with Crippen LogP contribution >= 0.6 is 0 Å². The van der Waals surface area contributed by atoms with Gasteiger partial charge in [0.25, 0.3) is 0 Å². The second-order valence-corrected chi connectivity index (χ2v) is 7.00. The predicted molar refractivity (Wildman–Crippen MR) is 69.8 cm³/mol. The van der Waals surface area contributed by atoms with E-state index < -0.39 is 11.0 Å². The van der Waals surface area contributed by atoms with E-state index in [1.54, 1.807) is 11.8 Å². The van der Waals surface area contributed by atoms with Crippen LogP contribution in [0.1, 0.15) is 34.6 Å². The summed E-state index contributed by atoms with van der Waals surface area (Å²) in [5.41, 5.74) is -1.27. The lowest BCUT2D eigenvalue weighted by Gasteiger charge is -2.47. The van der Waals surface area contributed by atoms with Crippen molar-refractivity contribution in [2.75, 3.05) is 26.3 Å². The first-order valence-electron chi connectivity index (χ1n) is 6.66. The van der Waals surface area contributed by atoms with Crippen LogP contribution in [0.15, 0.2) is 0 Å². The molecule has 0 aliphatic carbocycles. The van der Waals surface area contributed by atoms with Crippen LogP contribution in [0.25, 0.3) is 0 Å². The summed E-state index contributed by atoms with van der Waals surface area (Å²) in [7, 11) is 0. The molecule has 0 radical (unpaired) electrons. The number of carbonyl (C=O) groups excluding carboxylic acids is 2. The van der Waals surface area contributed by atoms with Crippen LogP contribution in [0.5, 0.6) is 0 Å². The lowest BCUT2D eigenvalue weighted by Crippen LogP contribution is -2.56. The monoisotopic (exact) mass is 269 g/mol. The van der Waals surface area contributed by atoms with Crippen LogP contribution in [0.4, 0.5) is 4.79 Å². The Morgan fingerprint density at radius 1 is 1.21 bits per heavy atom. The second-order valence-electron chi connectivity index (χ2n) is 7.00. The fourth-order valence-electron chi connectivity index (χ4n) is 2.84. The molecule has 1 spiro atoms. The maximum absolute atomic E-state index is 12.2. The van der Waals surface area contributed by atoms with Crippen LogP contribution in [0.2, 0.25) is 0 Å². The number of carbonyl (C=O) groups is 2. The second kappa shape index (κ2) is 4.20. The fraction of sp³-hybridized carbons (Fsp3) is 0.857. The molecule has 0 aromatic heterocycles. The minimum atomic E-state index is -0.526. The molecule has 2 fully saturated rings. The molecule has 2 heterocycles. The van der Waals surface area contributed by atoms with Crippen LogP contribution in [0, 0.1) is 10.8 Å². The van der Waals surface area contributed by atoms with Crippen LogP contribution < -0.4 is 0 Å². The Bertz CT molecular complexity index is 408. The van der Waals surface area contributed by atoms with Crippen molar-refractivity contribution in [2.24, 2.45) is 10.8 Å². The number of likely N-dealkylation sites (tertiary alicyclic amines) is 1. The number of ether oxygens (including phenoxy) is 2. The van der Waals surface area contributed by atoms with E-state index in [4.69, 9.17) is 9.47 Å². The molecule has 1 atom stereocenters. The Balaban J connectivity index is 2.16. The van der Waals surface area contributed by atoms with Crippen molar-refractivity contribution in [2.45, 2.75) is 40.2 Å². The Labute approximate surface area is 114 Å². The van der Waals surface area contributed by atoms with Gasteiger partial charge in [-0.1, -0.05) is 6.92 Å². The molecule has 2 saturated heterocycles. The van der Waals surface area contributed by atoms with Gasteiger partial charge in [-0.05, 0) is 27.7 Å². The molecule has 108 valence electrons. The highest BCUT2D eigenvalue weighted by Gasteiger charge is 2.62. The van der Waals surface area contributed by atoms with E-state index in [1.807, 2.05) is 27.7 Å². The highest BCUT2D eigenvalue weighted by Crippen LogP contribution is 2.51. The van der Waals surface area contributed by atoms with Crippen molar-refractivity contribution >= 4 is 11.9 Å². The van der Waals surface area contributed by atoms with Crippen molar-refractivity contribution in [3.63, 3.8) is 0 Å². The Hall–Kier alpha value is -1.10. The normalized spacial score (nSPS) is 29.2. The molecular formula is C14H23NO4. The van der Waals surface area contributed by atoms with E-state index in [1.165, 1.54) is 0 Å². The van der Waals surface area contributed by atoms with Crippen LogP contribution in [0.3, 0.4) is 0 Å². The number of rotatable bonds is 1. The van der Waals surface area contributed by atoms with E-state index in [9.17, 15) is 9.59 Å². The fourth-order valence-corrected chi connectivity index (χ4v) is 2.84. The van der Waals surface area contributed by atoms with Gasteiger partial charge in [-0.25, -0.2) is 4.79 Å². The summed E-state index contributed by atoms with van der Waals surface area (Å²) in [6.45, 7) is 11.1. The third-order valence-electron chi connectivity index (χ3n) is 4.36. The number of Topliss-reactive ketones (excluding diaryl/α,β-unsaturated/α-hetero) is 1. The molecule has 0 aromatic rings. The van der Waals surface area contributed by atoms with E-state index >= 15 is 0 Å². The summed E-state index contributed by atoms with van der Waals surface area (Å²) >= 11 is 0. The van der Waals surface area contributed by atoms with Crippen molar-refractivity contribution in [1.29, 1.82) is 0 Å². The molecule has 0 aromatic carbocycles. The summed E-state index contributed by atoms with van der Waals surface area (Å²) in [6.07, 6.45) is -0.344. The SMILES string of the molecule is CC(=O)C1(C)CN(C(=O)OC(C)(C)C)CC12COC2. The zero-order valence-corrected chi connectivity index (χ0v) is 12.4. The third-order valence-corrected chi connectivity index (χ3v) is 4.36. The van der Waals surface area contributed by atoms with Gasteiger partial charge in [-0.15, -0.1) is 0 Å². The summed E-state index contributed by atoms with van der Waals surface area (Å²) in [4.78, 5) is 25.8. The Kier molecular flexibility index (Phi) is 3.16. The van der Waals surface area contributed by atoms with Crippen LogP contribution in [-0.4, -0.2) is 48.7 Å². The number of nitrogens with zero attached hydrogens (tertiary/aromatic N) is 1. The molecule has 1 unspecified atom stereocenters. The van der Waals surface area contributed by atoms with Gasteiger partial charge in [0, 0.05) is 18.5 Å². The highest BCUT2D eigenvalue weighted by molar-refractivity contribution is 5.85. The van der Waals surface area contributed by atoms with E-state index in [0.717, 1.165) is 0 Å². The Morgan fingerprint density at radius 2 is 1.79 bits per heavy atom. The van der Waals surface area contributed by atoms with Gasteiger partial charge in [0.1, 0.15) is 11.4 Å². The average molecular weight is 269 g/mol. The van der Waals surface area contributed by atoms with Crippen LogP contribution in [-0.2, 0) is 14.3 Å². The molecule has 2 aliphatic rings. The maximum Gasteiger partial charge on any atom is 0.410 e.